The van der Waals surface area contributed by atoms with E-state index in [0.29, 0.717) is 5.56 Å². The first-order chi connectivity index (χ1) is 15.8. The monoisotopic (exact) mass is 496 g/mol. The number of rotatable bonds is 13. The summed E-state index contributed by atoms with van der Waals surface area (Å²) in [6, 6.07) is 1.92. The third kappa shape index (κ3) is 9.60. The van der Waals surface area contributed by atoms with Crippen molar-refractivity contribution in [3.05, 3.63) is 29.8 Å². The van der Waals surface area contributed by atoms with Crippen LogP contribution in [0.15, 0.2) is 24.3 Å². The van der Waals surface area contributed by atoms with Gasteiger partial charge in [-0.05, 0) is 36.0 Å². The Morgan fingerprint density at radius 3 is 1.94 bits per heavy atom. The number of phenolic OH excluding ortho intramolecular Hbond substituents is 1. The molecule has 1 rings (SSSR count). The van der Waals surface area contributed by atoms with Gasteiger partial charge in [-0.2, -0.15) is 12.6 Å². The minimum Gasteiger partial charge on any atom is -0.508 e. The standard InChI is InChI=1S/C23H36N4O6S/c1-12(2)9-17(25-22(31)19(13(3)4)27-20(29)16(24)11-34)21(30)26-18(23(32)33)10-14-5-7-15(28)8-6-14/h5-8,12-13,16-19,28,34H,9-11,24H2,1-4H3,(H,25,31)(H,26,30)(H,27,29)(H,32,33). The molecule has 7 N–H and O–H groups in total. The average Bonchev–Trinajstić information content (AvgIpc) is 2.76. The molecule has 1 aromatic carbocycles. The van der Waals surface area contributed by atoms with Crippen LogP contribution in [-0.2, 0) is 25.6 Å². The van der Waals surface area contributed by atoms with E-state index in [1.54, 1.807) is 26.0 Å². The maximum atomic E-state index is 13.0. The predicted molar refractivity (Wildman–Crippen MR) is 131 cm³/mol. The molecule has 4 atom stereocenters. The molecule has 0 heterocycles. The Morgan fingerprint density at radius 2 is 1.47 bits per heavy atom. The topological polar surface area (TPSA) is 171 Å². The summed E-state index contributed by atoms with van der Waals surface area (Å²) < 4.78 is 0. The first-order valence-electron chi connectivity index (χ1n) is 11.1. The Morgan fingerprint density at radius 1 is 0.912 bits per heavy atom. The van der Waals surface area contributed by atoms with Crippen LogP contribution in [0, 0.1) is 11.8 Å². The number of carbonyl (C=O) groups excluding carboxylic acids is 3. The average molecular weight is 497 g/mol. The summed E-state index contributed by atoms with van der Waals surface area (Å²) in [5.41, 5.74) is 6.29. The van der Waals surface area contributed by atoms with Gasteiger partial charge in [-0.3, -0.25) is 14.4 Å². The first-order valence-corrected chi connectivity index (χ1v) is 11.8. The summed E-state index contributed by atoms with van der Waals surface area (Å²) in [5.74, 6) is -3.11. The highest BCUT2D eigenvalue weighted by Gasteiger charge is 2.32. The molecule has 0 aliphatic heterocycles. The number of amides is 3. The van der Waals surface area contributed by atoms with Gasteiger partial charge in [-0.25, -0.2) is 4.79 Å². The number of aromatic hydroxyl groups is 1. The zero-order valence-corrected chi connectivity index (χ0v) is 20.8. The van der Waals surface area contributed by atoms with Gasteiger partial charge in [-0.15, -0.1) is 0 Å². The number of carboxylic acid groups (broad SMARTS) is 1. The number of thiol groups is 1. The number of aliphatic carboxylic acids is 1. The molecule has 0 aromatic heterocycles. The highest BCUT2D eigenvalue weighted by Crippen LogP contribution is 2.13. The molecule has 10 nitrogen and oxygen atoms in total. The number of nitrogens with one attached hydrogen (secondary N) is 3. The lowest BCUT2D eigenvalue weighted by atomic mass is 9.99. The highest BCUT2D eigenvalue weighted by atomic mass is 32.1. The van der Waals surface area contributed by atoms with Gasteiger partial charge in [-0.1, -0.05) is 39.8 Å². The summed E-state index contributed by atoms with van der Waals surface area (Å²) >= 11 is 3.99. The minimum absolute atomic E-state index is 0.00398. The molecule has 1 aromatic rings. The summed E-state index contributed by atoms with van der Waals surface area (Å²) in [6.07, 6.45) is 0.258. The second kappa shape index (κ2) is 13.8. The molecule has 11 heteroatoms. The molecule has 0 spiro atoms. The Kier molecular flexibility index (Phi) is 11.9. The van der Waals surface area contributed by atoms with Gasteiger partial charge in [0.1, 0.15) is 23.9 Å². The van der Waals surface area contributed by atoms with Crippen LogP contribution in [0.5, 0.6) is 5.75 Å². The minimum atomic E-state index is -1.24. The van der Waals surface area contributed by atoms with Gasteiger partial charge >= 0.3 is 5.97 Å². The first kappa shape index (κ1) is 29.2. The molecule has 0 bridgehead atoms. The number of phenols is 1. The Balaban J connectivity index is 2.98. The van der Waals surface area contributed by atoms with E-state index in [-0.39, 0.29) is 36.2 Å². The Bertz CT molecular complexity index is 846. The fraction of sp³-hybridized carbons (Fsp3) is 0.565. The van der Waals surface area contributed by atoms with E-state index in [0.717, 1.165) is 0 Å². The molecule has 0 aliphatic rings. The number of carboxylic acids is 1. The van der Waals surface area contributed by atoms with Crippen molar-refractivity contribution >= 4 is 36.3 Å². The van der Waals surface area contributed by atoms with Crippen molar-refractivity contribution in [1.82, 2.24) is 16.0 Å². The van der Waals surface area contributed by atoms with E-state index in [9.17, 15) is 29.4 Å². The Hall–Kier alpha value is -2.79. The van der Waals surface area contributed by atoms with Gasteiger partial charge in [0.25, 0.3) is 0 Å². The fourth-order valence-corrected chi connectivity index (χ4v) is 3.35. The van der Waals surface area contributed by atoms with Crippen LogP contribution < -0.4 is 21.7 Å². The molecule has 4 unspecified atom stereocenters. The predicted octanol–water partition coefficient (Wildman–Crippen LogP) is 0.433. The summed E-state index contributed by atoms with van der Waals surface area (Å²) in [4.78, 5) is 49.9. The van der Waals surface area contributed by atoms with Crippen LogP contribution in [0.1, 0.15) is 39.7 Å². The van der Waals surface area contributed by atoms with Gasteiger partial charge in [0.15, 0.2) is 0 Å². The van der Waals surface area contributed by atoms with Crippen molar-refractivity contribution < 1.29 is 29.4 Å². The van der Waals surface area contributed by atoms with E-state index in [1.807, 2.05) is 13.8 Å². The van der Waals surface area contributed by atoms with Gasteiger partial charge in [0.2, 0.25) is 17.7 Å². The van der Waals surface area contributed by atoms with E-state index in [2.05, 4.69) is 28.6 Å². The van der Waals surface area contributed by atoms with Crippen molar-refractivity contribution in [2.75, 3.05) is 5.75 Å². The van der Waals surface area contributed by atoms with Gasteiger partial charge in [0.05, 0.1) is 6.04 Å². The summed E-state index contributed by atoms with van der Waals surface area (Å²) in [7, 11) is 0. The largest absolute Gasteiger partial charge is 0.508 e. The van der Waals surface area contributed by atoms with E-state index in [1.165, 1.54) is 12.1 Å². The zero-order chi connectivity index (χ0) is 26.0. The molecular formula is C23H36N4O6S. The normalized spacial score (nSPS) is 14.7. The summed E-state index contributed by atoms with van der Waals surface area (Å²) in [6.45, 7) is 7.22. The number of hydrogen-bond acceptors (Lipinski definition) is 7. The second-order valence-corrected chi connectivity index (χ2v) is 9.35. The van der Waals surface area contributed by atoms with E-state index >= 15 is 0 Å². The van der Waals surface area contributed by atoms with Crippen LogP contribution in [0.4, 0.5) is 0 Å². The van der Waals surface area contributed by atoms with Crippen LogP contribution >= 0.6 is 12.6 Å². The van der Waals surface area contributed by atoms with E-state index in [4.69, 9.17) is 5.73 Å². The fourth-order valence-electron chi connectivity index (χ4n) is 3.18. The molecule has 0 aliphatic carbocycles. The van der Waals surface area contributed by atoms with Crippen molar-refractivity contribution in [2.45, 2.75) is 64.7 Å². The lowest BCUT2D eigenvalue weighted by Crippen LogP contribution is -2.58. The third-order valence-electron chi connectivity index (χ3n) is 5.11. The molecule has 0 saturated heterocycles. The van der Waals surface area contributed by atoms with Crippen LogP contribution in [0.2, 0.25) is 0 Å². The van der Waals surface area contributed by atoms with Gasteiger partial charge < -0.3 is 31.9 Å². The molecule has 0 fully saturated rings. The molecular weight excluding hydrogens is 460 g/mol. The second-order valence-electron chi connectivity index (χ2n) is 8.98. The molecule has 0 saturated carbocycles. The highest BCUT2D eigenvalue weighted by molar-refractivity contribution is 7.80. The van der Waals surface area contributed by atoms with Gasteiger partial charge in [0, 0.05) is 12.2 Å². The maximum Gasteiger partial charge on any atom is 0.326 e. The SMILES string of the molecule is CC(C)CC(NC(=O)C(NC(=O)C(N)CS)C(C)C)C(=O)NC(Cc1ccc(O)cc1)C(=O)O. The number of benzene rings is 1. The zero-order valence-electron chi connectivity index (χ0n) is 19.9. The van der Waals surface area contributed by atoms with Crippen molar-refractivity contribution in [3.8, 4) is 5.75 Å². The third-order valence-corrected chi connectivity index (χ3v) is 5.50. The number of hydrogen-bond donors (Lipinski definition) is 7. The molecule has 3 amide bonds. The maximum absolute atomic E-state index is 13.0. The summed E-state index contributed by atoms with van der Waals surface area (Å²) in [5, 5.41) is 26.7. The molecule has 190 valence electrons. The molecule has 0 radical (unpaired) electrons. The quantitative estimate of drug-likeness (QED) is 0.194. The molecule has 34 heavy (non-hydrogen) atoms. The number of nitrogens with two attached hydrogens (primary N) is 1. The van der Waals surface area contributed by atoms with Crippen LogP contribution in [0.25, 0.3) is 0 Å². The lowest BCUT2D eigenvalue weighted by molar-refractivity contribution is -0.142. The lowest BCUT2D eigenvalue weighted by Gasteiger charge is -2.27. The van der Waals surface area contributed by atoms with Crippen molar-refractivity contribution in [2.24, 2.45) is 17.6 Å². The smallest absolute Gasteiger partial charge is 0.326 e. The Labute approximate surface area is 205 Å². The number of carbonyl (C=O) groups is 4. The van der Waals surface area contributed by atoms with Crippen molar-refractivity contribution in [1.29, 1.82) is 0 Å². The van der Waals surface area contributed by atoms with Crippen LogP contribution in [0.3, 0.4) is 0 Å². The van der Waals surface area contributed by atoms with Crippen LogP contribution in [-0.4, -0.2) is 63.8 Å². The van der Waals surface area contributed by atoms with Crippen molar-refractivity contribution in [3.63, 3.8) is 0 Å². The van der Waals surface area contributed by atoms with E-state index < -0.39 is 47.9 Å².